The predicted octanol–water partition coefficient (Wildman–Crippen LogP) is 3.79. The second-order valence-corrected chi connectivity index (χ2v) is 4.30. The molecular formula is C14H18N2. The van der Waals surface area contributed by atoms with E-state index >= 15 is 0 Å². The average molecular weight is 214 g/mol. The van der Waals surface area contributed by atoms with Gasteiger partial charge in [0.15, 0.2) is 0 Å². The highest BCUT2D eigenvalue weighted by molar-refractivity contribution is 5.83. The van der Waals surface area contributed by atoms with Gasteiger partial charge in [-0.25, -0.2) is 4.98 Å². The molecule has 2 nitrogen and oxygen atoms in total. The van der Waals surface area contributed by atoms with Gasteiger partial charge < -0.3 is 5.32 Å². The van der Waals surface area contributed by atoms with Gasteiger partial charge in [0.25, 0.3) is 0 Å². The lowest BCUT2D eigenvalue weighted by Crippen LogP contribution is -2.00. The molecule has 1 aromatic carbocycles. The second kappa shape index (κ2) is 4.52. The topological polar surface area (TPSA) is 24.9 Å². The molecule has 0 fully saturated rings. The highest BCUT2D eigenvalue weighted by atomic mass is 15.0. The zero-order valence-corrected chi connectivity index (χ0v) is 10.1. The normalized spacial score (nSPS) is 11.0. The molecule has 1 N–H and O–H groups in total. The molecule has 84 valence electrons. The minimum absolute atomic E-state index is 0.507. The van der Waals surface area contributed by atoms with Crippen molar-refractivity contribution in [3.05, 3.63) is 35.9 Å². The van der Waals surface area contributed by atoms with Crippen LogP contribution < -0.4 is 5.32 Å². The summed E-state index contributed by atoms with van der Waals surface area (Å²) in [6, 6.07) is 10.5. The molecule has 1 heterocycles. The number of hydrogen-bond donors (Lipinski definition) is 1. The van der Waals surface area contributed by atoms with E-state index in [0.717, 1.165) is 17.9 Å². The maximum atomic E-state index is 4.68. The van der Waals surface area contributed by atoms with E-state index in [0.29, 0.717) is 5.92 Å². The van der Waals surface area contributed by atoms with Gasteiger partial charge in [-0.3, -0.25) is 0 Å². The van der Waals surface area contributed by atoms with Crippen LogP contribution in [-0.2, 0) is 0 Å². The number of para-hydroxylation sites is 1. The van der Waals surface area contributed by atoms with E-state index in [9.17, 15) is 0 Å². The standard InChI is InChI=1S/C14H18N2/c1-4-15-13-9-8-11-6-5-7-12(10(2)3)14(11)16-13/h5-10H,4H2,1-3H3,(H,15,16). The van der Waals surface area contributed by atoms with E-state index in [1.807, 2.05) is 6.07 Å². The number of aromatic nitrogens is 1. The van der Waals surface area contributed by atoms with Gasteiger partial charge in [-0.15, -0.1) is 0 Å². The molecule has 0 aliphatic heterocycles. The van der Waals surface area contributed by atoms with Crippen molar-refractivity contribution in [3.63, 3.8) is 0 Å². The maximum absolute atomic E-state index is 4.68. The van der Waals surface area contributed by atoms with Crippen LogP contribution in [0.25, 0.3) is 10.9 Å². The minimum atomic E-state index is 0.507. The first-order valence-corrected chi connectivity index (χ1v) is 5.86. The number of pyridine rings is 1. The Morgan fingerprint density at radius 3 is 2.69 bits per heavy atom. The fourth-order valence-corrected chi connectivity index (χ4v) is 1.92. The lowest BCUT2D eigenvalue weighted by atomic mass is 10.00. The number of rotatable bonds is 3. The maximum Gasteiger partial charge on any atom is 0.126 e. The number of fused-ring (bicyclic) bond motifs is 1. The van der Waals surface area contributed by atoms with Crippen LogP contribution in [0, 0.1) is 0 Å². The molecule has 0 unspecified atom stereocenters. The van der Waals surface area contributed by atoms with Crippen molar-refractivity contribution < 1.29 is 0 Å². The fourth-order valence-electron chi connectivity index (χ4n) is 1.92. The molecule has 2 aromatic rings. The Labute approximate surface area is 96.7 Å². The summed E-state index contributed by atoms with van der Waals surface area (Å²) in [7, 11) is 0. The second-order valence-electron chi connectivity index (χ2n) is 4.30. The fraction of sp³-hybridized carbons (Fsp3) is 0.357. The van der Waals surface area contributed by atoms with Crippen molar-refractivity contribution in [3.8, 4) is 0 Å². The summed E-state index contributed by atoms with van der Waals surface area (Å²) in [5.74, 6) is 1.47. The van der Waals surface area contributed by atoms with Gasteiger partial charge in [0, 0.05) is 11.9 Å². The van der Waals surface area contributed by atoms with Gasteiger partial charge in [0.2, 0.25) is 0 Å². The molecule has 0 atom stereocenters. The Morgan fingerprint density at radius 1 is 1.19 bits per heavy atom. The third kappa shape index (κ3) is 2.01. The molecule has 0 aliphatic rings. The quantitative estimate of drug-likeness (QED) is 0.840. The predicted molar refractivity (Wildman–Crippen MR) is 70.0 cm³/mol. The van der Waals surface area contributed by atoms with Crippen molar-refractivity contribution in [2.75, 3.05) is 11.9 Å². The van der Waals surface area contributed by atoms with Crippen LogP contribution in [0.5, 0.6) is 0 Å². The SMILES string of the molecule is CCNc1ccc2cccc(C(C)C)c2n1. The third-order valence-electron chi connectivity index (χ3n) is 2.73. The smallest absolute Gasteiger partial charge is 0.126 e. The number of nitrogens with one attached hydrogen (secondary N) is 1. The molecule has 0 saturated carbocycles. The summed E-state index contributed by atoms with van der Waals surface area (Å²) in [6.45, 7) is 7.40. The monoisotopic (exact) mass is 214 g/mol. The van der Waals surface area contributed by atoms with Gasteiger partial charge in [0.05, 0.1) is 5.52 Å². The Bertz CT molecular complexity index is 489. The Morgan fingerprint density at radius 2 is 2.00 bits per heavy atom. The van der Waals surface area contributed by atoms with E-state index < -0.39 is 0 Å². The van der Waals surface area contributed by atoms with Crippen LogP contribution >= 0.6 is 0 Å². The first-order chi connectivity index (χ1) is 7.72. The summed E-state index contributed by atoms with van der Waals surface area (Å²) in [4.78, 5) is 4.68. The zero-order valence-electron chi connectivity index (χ0n) is 10.1. The highest BCUT2D eigenvalue weighted by Crippen LogP contribution is 2.24. The Balaban J connectivity index is 2.59. The van der Waals surface area contributed by atoms with Crippen molar-refractivity contribution in [2.45, 2.75) is 26.7 Å². The zero-order chi connectivity index (χ0) is 11.5. The molecule has 0 amide bonds. The summed E-state index contributed by atoms with van der Waals surface area (Å²) in [6.07, 6.45) is 0. The molecule has 0 saturated heterocycles. The molecule has 16 heavy (non-hydrogen) atoms. The summed E-state index contributed by atoms with van der Waals surface area (Å²) in [5, 5.41) is 4.47. The van der Waals surface area contributed by atoms with Gasteiger partial charge in [0.1, 0.15) is 5.82 Å². The first kappa shape index (κ1) is 10.9. The Kier molecular flexibility index (Phi) is 3.09. The van der Waals surface area contributed by atoms with Gasteiger partial charge >= 0.3 is 0 Å². The summed E-state index contributed by atoms with van der Waals surface area (Å²) >= 11 is 0. The van der Waals surface area contributed by atoms with Crippen LogP contribution in [0.15, 0.2) is 30.3 Å². The molecular weight excluding hydrogens is 196 g/mol. The van der Waals surface area contributed by atoms with Crippen molar-refractivity contribution in [1.29, 1.82) is 0 Å². The van der Waals surface area contributed by atoms with E-state index in [4.69, 9.17) is 0 Å². The van der Waals surface area contributed by atoms with Crippen molar-refractivity contribution in [2.24, 2.45) is 0 Å². The number of nitrogens with zero attached hydrogens (tertiary/aromatic N) is 1. The number of hydrogen-bond acceptors (Lipinski definition) is 2. The lowest BCUT2D eigenvalue weighted by molar-refractivity contribution is 0.873. The van der Waals surface area contributed by atoms with Gasteiger partial charge in [-0.2, -0.15) is 0 Å². The lowest BCUT2D eigenvalue weighted by Gasteiger charge is -2.10. The molecule has 2 rings (SSSR count). The van der Waals surface area contributed by atoms with Crippen LogP contribution in [-0.4, -0.2) is 11.5 Å². The molecule has 1 aromatic heterocycles. The number of benzene rings is 1. The van der Waals surface area contributed by atoms with E-state index in [1.165, 1.54) is 10.9 Å². The average Bonchev–Trinajstić information content (AvgIpc) is 2.28. The third-order valence-corrected chi connectivity index (χ3v) is 2.73. The van der Waals surface area contributed by atoms with Crippen LogP contribution in [0.1, 0.15) is 32.3 Å². The van der Waals surface area contributed by atoms with Gasteiger partial charge in [-0.1, -0.05) is 32.0 Å². The van der Waals surface area contributed by atoms with Crippen LogP contribution in [0.2, 0.25) is 0 Å². The Hall–Kier alpha value is -1.57. The molecule has 0 bridgehead atoms. The summed E-state index contributed by atoms with van der Waals surface area (Å²) in [5.41, 5.74) is 2.44. The van der Waals surface area contributed by atoms with Crippen molar-refractivity contribution in [1.82, 2.24) is 4.98 Å². The van der Waals surface area contributed by atoms with Crippen molar-refractivity contribution >= 4 is 16.7 Å². The van der Waals surface area contributed by atoms with Crippen LogP contribution in [0.3, 0.4) is 0 Å². The van der Waals surface area contributed by atoms with Gasteiger partial charge in [-0.05, 0) is 30.5 Å². The number of anilines is 1. The minimum Gasteiger partial charge on any atom is -0.370 e. The first-order valence-electron chi connectivity index (χ1n) is 5.86. The van der Waals surface area contributed by atoms with E-state index in [2.05, 4.69) is 55.3 Å². The van der Waals surface area contributed by atoms with Crippen LogP contribution in [0.4, 0.5) is 5.82 Å². The molecule has 0 aliphatic carbocycles. The highest BCUT2D eigenvalue weighted by Gasteiger charge is 2.06. The molecule has 2 heteroatoms. The largest absolute Gasteiger partial charge is 0.370 e. The van der Waals surface area contributed by atoms with E-state index in [1.54, 1.807) is 0 Å². The molecule has 0 spiro atoms. The summed E-state index contributed by atoms with van der Waals surface area (Å²) < 4.78 is 0. The molecule has 0 radical (unpaired) electrons. The van der Waals surface area contributed by atoms with E-state index in [-0.39, 0.29) is 0 Å².